The molecule has 1 aromatic rings. The molecule has 0 amide bonds. The molecule has 2 heterocycles. The zero-order valence-electron chi connectivity index (χ0n) is 6.83. The summed E-state index contributed by atoms with van der Waals surface area (Å²) in [6.07, 6.45) is 4.34. The average molecular weight is 183 g/mol. The van der Waals surface area contributed by atoms with Crippen molar-refractivity contribution in [3.63, 3.8) is 0 Å². The highest BCUT2D eigenvalue weighted by Crippen LogP contribution is 2.21. The Kier molecular flexibility index (Phi) is 2.17. The number of anilines is 1. The van der Waals surface area contributed by atoms with E-state index in [1.807, 2.05) is 12.1 Å². The van der Waals surface area contributed by atoms with E-state index in [-0.39, 0.29) is 0 Å². The maximum atomic E-state index is 5.79. The fraction of sp³-hybridized carbons (Fsp3) is 0.444. The summed E-state index contributed by atoms with van der Waals surface area (Å²) >= 11 is 5.79. The van der Waals surface area contributed by atoms with Gasteiger partial charge in [0.1, 0.15) is 5.15 Å². The van der Waals surface area contributed by atoms with E-state index in [4.69, 9.17) is 11.6 Å². The molecule has 0 bridgehead atoms. The third-order valence-corrected chi connectivity index (χ3v) is 2.39. The van der Waals surface area contributed by atoms with Crippen molar-refractivity contribution in [3.05, 3.63) is 23.5 Å². The minimum Gasteiger partial charge on any atom is -0.371 e. The summed E-state index contributed by atoms with van der Waals surface area (Å²) in [6, 6.07) is 3.93. The fourth-order valence-electron chi connectivity index (χ4n) is 1.56. The van der Waals surface area contributed by atoms with Crippen molar-refractivity contribution in [1.82, 2.24) is 4.98 Å². The number of aromatic nitrogens is 1. The molecular formula is C9H11ClN2. The molecule has 0 atom stereocenters. The molecule has 0 unspecified atom stereocenters. The first-order chi connectivity index (χ1) is 5.86. The van der Waals surface area contributed by atoms with Gasteiger partial charge in [-0.05, 0) is 25.0 Å². The summed E-state index contributed by atoms with van der Waals surface area (Å²) in [5, 5.41) is 0.583. The number of halogens is 1. The van der Waals surface area contributed by atoms with Crippen molar-refractivity contribution >= 4 is 17.3 Å². The summed E-state index contributed by atoms with van der Waals surface area (Å²) in [4.78, 5) is 6.29. The van der Waals surface area contributed by atoms with Crippen LogP contribution >= 0.6 is 11.6 Å². The summed E-state index contributed by atoms with van der Waals surface area (Å²) in [7, 11) is 0. The van der Waals surface area contributed by atoms with Crippen molar-refractivity contribution in [3.8, 4) is 0 Å². The number of hydrogen-bond donors (Lipinski definition) is 0. The smallest absolute Gasteiger partial charge is 0.131 e. The first-order valence-electron chi connectivity index (χ1n) is 4.23. The summed E-state index contributed by atoms with van der Waals surface area (Å²) in [6.45, 7) is 2.31. The molecule has 0 radical (unpaired) electrons. The van der Waals surface area contributed by atoms with Crippen molar-refractivity contribution < 1.29 is 0 Å². The molecule has 2 rings (SSSR count). The molecule has 0 aliphatic carbocycles. The van der Waals surface area contributed by atoms with Crippen molar-refractivity contribution in [2.24, 2.45) is 0 Å². The molecule has 64 valence electrons. The largest absolute Gasteiger partial charge is 0.371 e. The van der Waals surface area contributed by atoms with Gasteiger partial charge in [-0.3, -0.25) is 0 Å². The Morgan fingerprint density at radius 3 is 2.75 bits per heavy atom. The highest BCUT2D eigenvalue weighted by Gasteiger charge is 2.11. The second-order valence-corrected chi connectivity index (χ2v) is 3.42. The minimum atomic E-state index is 0.583. The van der Waals surface area contributed by atoms with E-state index < -0.39 is 0 Å². The predicted octanol–water partition coefficient (Wildman–Crippen LogP) is 2.34. The molecule has 0 spiro atoms. The molecule has 1 aliphatic rings. The highest BCUT2D eigenvalue weighted by atomic mass is 35.5. The van der Waals surface area contributed by atoms with Crippen LogP contribution in [0, 0.1) is 0 Å². The first-order valence-corrected chi connectivity index (χ1v) is 4.60. The van der Waals surface area contributed by atoms with Crippen LogP contribution in [0.2, 0.25) is 5.15 Å². The lowest BCUT2D eigenvalue weighted by atomic mass is 10.4. The van der Waals surface area contributed by atoms with E-state index in [9.17, 15) is 0 Å². The Bertz CT molecular complexity index is 269. The van der Waals surface area contributed by atoms with E-state index >= 15 is 0 Å². The predicted molar refractivity (Wildman–Crippen MR) is 50.7 cm³/mol. The molecular weight excluding hydrogens is 172 g/mol. The minimum absolute atomic E-state index is 0.583. The van der Waals surface area contributed by atoms with Gasteiger partial charge >= 0.3 is 0 Å². The quantitative estimate of drug-likeness (QED) is 0.620. The Morgan fingerprint density at radius 2 is 2.08 bits per heavy atom. The molecule has 0 aromatic carbocycles. The van der Waals surface area contributed by atoms with Crippen LogP contribution < -0.4 is 4.90 Å². The summed E-state index contributed by atoms with van der Waals surface area (Å²) < 4.78 is 0. The van der Waals surface area contributed by atoms with E-state index in [0.29, 0.717) is 5.15 Å². The van der Waals surface area contributed by atoms with Crippen molar-refractivity contribution in [1.29, 1.82) is 0 Å². The average Bonchev–Trinajstić information content (AvgIpc) is 2.56. The molecule has 1 saturated heterocycles. The third kappa shape index (κ3) is 1.53. The van der Waals surface area contributed by atoms with Crippen LogP contribution in [0.5, 0.6) is 0 Å². The number of pyridine rings is 1. The van der Waals surface area contributed by atoms with Gasteiger partial charge in [0.05, 0.1) is 0 Å². The Morgan fingerprint density at radius 1 is 1.33 bits per heavy atom. The lowest BCUT2D eigenvalue weighted by molar-refractivity contribution is 0.949. The van der Waals surface area contributed by atoms with Crippen molar-refractivity contribution in [2.45, 2.75) is 12.8 Å². The normalized spacial score (nSPS) is 16.9. The molecule has 0 saturated carbocycles. The van der Waals surface area contributed by atoms with Crippen LogP contribution in [0.4, 0.5) is 5.69 Å². The zero-order chi connectivity index (χ0) is 8.39. The Labute approximate surface area is 77.2 Å². The zero-order valence-corrected chi connectivity index (χ0v) is 7.59. The van der Waals surface area contributed by atoms with E-state index in [2.05, 4.69) is 9.88 Å². The van der Waals surface area contributed by atoms with Gasteiger partial charge < -0.3 is 4.90 Å². The fourth-order valence-corrected chi connectivity index (χ4v) is 1.73. The topological polar surface area (TPSA) is 16.1 Å². The summed E-state index contributed by atoms with van der Waals surface area (Å²) in [5.74, 6) is 0. The van der Waals surface area contributed by atoms with Gasteiger partial charge in [0.25, 0.3) is 0 Å². The van der Waals surface area contributed by atoms with Gasteiger partial charge in [-0.1, -0.05) is 11.6 Å². The van der Waals surface area contributed by atoms with E-state index in [0.717, 1.165) is 13.1 Å². The maximum Gasteiger partial charge on any atom is 0.131 e. The Balaban J connectivity index is 2.21. The highest BCUT2D eigenvalue weighted by molar-refractivity contribution is 6.29. The van der Waals surface area contributed by atoms with Gasteiger partial charge in [0, 0.05) is 25.0 Å². The van der Waals surface area contributed by atoms with Gasteiger partial charge in [-0.2, -0.15) is 0 Å². The van der Waals surface area contributed by atoms with Gasteiger partial charge in [0.15, 0.2) is 0 Å². The first kappa shape index (κ1) is 7.87. The third-order valence-electron chi connectivity index (χ3n) is 2.18. The molecule has 1 fully saturated rings. The summed E-state index contributed by atoms with van der Waals surface area (Å²) in [5.41, 5.74) is 1.20. The molecule has 12 heavy (non-hydrogen) atoms. The number of hydrogen-bond acceptors (Lipinski definition) is 2. The molecule has 3 heteroatoms. The molecule has 1 aliphatic heterocycles. The van der Waals surface area contributed by atoms with Crippen molar-refractivity contribution in [2.75, 3.05) is 18.0 Å². The van der Waals surface area contributed by atoms with Crippen LogP contribution in [0.25, 0.3) is 0 Å². The lowest BCUT2D eigenvalue weighted by Gasteiger charge is -2.16. The van der Waals surface area contributed by atoms with Crippen LogP contribution in [-0.2, 0) is 0 Å². The van der Waals surface area contributed by atoms with Crippen LogP contribution in [0.3, 0.4) is 0 Å². The molecule has 0 N–H and O–H groups in total. The second-order valence-electron chi connectivity index (χ2n) is 3.03. The standard InChI is InChI=1S/C9H11ClN2/c10-9-7-8(3-4-11-9)12-5-1-2-6-12/h3-4,7H,1-2,5-6H2. The van der Waals surface area contributed by atoms with Gasteiger partial charge in [-0.25, -0.2) is 4.98 Å². The number of rotatable bonds is 1. The van der Waals surface area contributed by atoms with E-state index in [1.165, 1.54) is 18.5 Å². The Hall–Kier alpha value is -0.760. The second kappa shape index (κ2) is 3.31. The van der Waals surface area contributed by atoms with Gasteiger partial charge in [0.2, 0.25) is 0 Å². The monoisotopic (exact) mass is 182 g/mol. The lowest BCUT2D eigenvalue weighted by Crippen LogP contribution is -2.17. The van der Waals surface area contributed by atoms with Crippen LogP contribution in [0.15, 0.2) is 18.3 Å². The van der Waals surface area contributed by atoms with Crippen LogP contribution in [-0.4, -0.2) is 18.1 Å². The maximum absolute atomic E-state index is 5.79. The number of nitrogens with zero attached hydrogens (tertiary/aromatic N) is 2. The SMILES string of the molecule is Clc1cc(N2CCCC2)ccn1. The molecule has 2 nitrogen and oxygen atoms in total. The van der Waals surface area contributed by atoms with Gasteiger partial charge in [-0.15, -0.1) is 0 Å². The van der Waals surface area contributed by atoms with Crippen LogP contribution in [0.1, 0.15) is 12.8 Å². The molecule has 1 aromatic heterocycles. The van der Waals surface area contributed by atoms with E-state index in [1.54, 1.807) is 6.20 Å².